The number of aryl methyl sites for hydroxylation is 1. The Morgan fingerprint density at radius 3 is 2.10 bits per heavy atom. The minimum absolute atomic E-state index is 0.0304. The van der Waals surface area contributed by atoms with E-state index in [1.165, 1.54) is 5.56 Å². The fourth-order valence-electron chi connectivity index (χ4n) is 3.36. The van der Waals surface area contributed by atoms with E-state index in [9.17, 15) is 13.2 Å². The molecular formula is C26H29NO3S. The van der Waals surface area contributed by atoms with Crippen LogP contribution in [0, 0.1) is 0 Å². The molecule has 0 N–H and O–H groups in total. The van der Waals surface area contributed by atoms with Gasteiger partial charge in [-0.2, -0.15) is 0 Å². The van der Waals surface area contributed by atoms with E-state index in [4.69, 9.17) is 0 Å². The maximum atomic E-state index is 12.8. The summed E-state index contributed by atoms with van der Waals surface area (Å²) in [6.07, 6.45) is 4.88. The van der Waals surface area contributed by atoms with E-state index in [0.29, 0.717) is 19.3 Å². The molecule has 2 aromatic carbocycles. The number of sulfone groups is 1. The Morgan fingerprint density at radius 1 is 0.871 bits per heavy atom. The number of benzene rings is 2. The van der Waals surface area contributed by atoms with Crippen LogP contribution in [-0.4, -0.2) is 19.2 Å². The third kappa shape index (κ3) is 6.59. The number of nitrogens with zero attached hydrogens (tertiary/aromatic N) is 1. The summed E-state index contributed by atoms with van der Waals surface area (Å²) >= 11 is 0. The first-order valence-corrected chi connectivity index (χ1v) is 12.1. The molecule has 0 spiro atoms. The molecule has 0 unspecified atom stereocenters. The van der Waals surface area contributed by atoms with E-state index >= 15 is 0 Å². The maximum absolute atomic E-state index is 12.8. The molecule has 4 nitrogen and oxygen atoms in total. The highest BCUT2D eigenvalue weighted by molar-refractivity contribution is 7.90. The molecule has 3 aromatic rings. The number of hydrogen-bond donors (Lipinski definition) is 0. The van der Waals surface area contributed by atoms with Crippen molar-refractivity contribution in [1.82, 2.24) is 4.98 Å². The van der Waals surface area contributed by atoms with Crippen LogP contribution in [0.2, 0.25) is 0 Å². The lowest BCUT2D eigenvalue weighted by atomic mass is 9.87. The molecule has 1 aromatic heterocycles. The van der Waals surface area contributed by atoms with Crippen molar-refractivity contribution in [1.29, 1.82) is 0 Å². The first-order chi connectivity index (χ1) is 14.6. The number of Topliss-reactive ketones (excluding diaryl/α,β-unsaturated/α-hetero) is 1. The number of pyridine rings is 1. The number of aromatic nitrogens is 1. The fourth-order valence-corrected chi connectivity index (χ4v) is 4.71. The normalized spacial score (nSPS) is 12.0. The zero-order chi connectivity index (χ0) is 22.5. The van der Waals surface area contributed by atoms with Gasteiger partial charge in [-0.15, -0.1) is 0 Å². The van der Waals surface area contributed by atoms with Crippen LogP contribution in [0.4, 0.5) is 0 Å². The van der Waals surface area contributed by atoms with Gasteiger partial charge in [0.2, 0.25) is 0 Å². The molecule has 3 rings (SSSR count). The van der Waals surface area contributed by atoms with Gasteiger partial charge in [-0.05, 0) is 52.3 Å². The van der Waals surface area contributed by atoms with Crippen molar-refractivity contribution in [2.24, 2.45) is 0 Å². The van der Waals surface area contributed by atoms with Gasteiger partial charge in [-0.1, -0.05) is 63.2 Å². The molecule has 0 amide bonds. The van der Waals surface area contributed by atoms with Gasteiger partial charge >= 0.3 is 0 Å². The Morgan fingerprint density at radius 2 is 1.52 bits per heavy atom. The molecule has 0 aliphatic carbocycles. The summed E-state index contributed by atoms with van der Waals surface area (Å²) in [4.78, 5) is 16.6. The molecular weight excluding hydrogens is 406 g/mol. The molecule has 1 heterocycles. The van der Waals surface area contributed by atoms with E-state index < -0.39 is 9.84 Å². The number of hydrogen-bond acceptors (Lipinski definition) is 4. The smallest absolute Gasteiger partial charge is 0.182 e. The lowest BCUT2D eigenvalue weighted by molar-refractivity contribution is -0.118. The van der Waals surface area contributed by atoms with Crippen molar-refractivity contribution < 1.29 is 13.2 Å². The summed E-state index contributed by atoms with van der Waals surface area (Å²) in [6.45, 7) is 6.39. The zero-order valence-corrected chi connectivity index (χ0v) is 19.2. The molecule has 0 saturated carbocycles. The quantitative estimate of drug-likeness (QED) is 0.494. The van der Waals surface area contributed by atoms with E-state index in [1.807, 2.05) is 36.4 Å². The van der Waals surface area contributed by atoms with Crippen molar-refractivity contribution >= 4 is 15.6 Å². The molecule has 0 fully saturated rings. The molecule has 31 heavy (non-hydrogen) atoms. The SMILES string of the molecule is CC(C)(C)c1ccc(CS(=O)(=O)c2ccc(CC(=O)CCc3cccnc3)cc2)cc1. The molecule has 0 radical (unpaired) electrons. The van der Waals surface area contributed by atoms with Crippen LogP contribution in [0.25, 0.3) is 0 Å². The van der Waals surface area contributed by atoms with E-state index in [2.05, 4.69) is 25.8 Å². The van der Waals surface area contributed by atoms with Crippen molar-refractivity contribution in [2.75, 3.05) is 0 Å². The van der Waals surface area contributed by atoms with Crippen molar-refractivity contribution in [3.63, 3.8) is 0 Å². The van der Waals surface area contributed by atoms with Gasteiger partial charge in [0.1, 0.15) is 5.78 Å². The topological polar surface area (TPSA) is 64.1 Å². The Balaban J connectivity index is 1.60. The molecule has 0 atom stereocenters. The molecule has 0 aliphatic heterocycles. The Hall–Kier alpha value is -2.79. The van der Waals surface area contributed by atoms with Crippen molar-refractivity contribution in [2.45, 2.75) is 56.1 Å². The van der Waals surface area contributed by atoms with E-state index in [1.54, 1.807) is 36.7 Å². The predicted octanol–water partition coefficient (Wildman–Crippen LogP) is 5.10. The molecule has 0 aliphatic rings. The lowest BCUT2D eigenvalue weighted by Gasteiger charge is -2.19. The van der Waals surface area contributed by atoms with Crippen LogP contribution in [0.3, 0.4) is 0 Å². The second-order valence-electron chi connectivity index (χ2n) is 8.93. The first kappa shape index (κ1) is 22.9. The summed E-state index contributed by atoms with van der Waals surface area (Å²) < 4.78 is 25.6. The van der Waals surface area contributed by atoms with Gasteiger partial charge < -0.3 is 0 Å². The van der Waals surface area contributed by atoms with Crippen molar-refractivity contribution in [3.8, 4) is 0 Å². The molecule has 0 bridgehead atoms. The molecule has 5 heteroatoms. The lowest BCUT2D eigenvalue weighted by Crippen LogP contribution is -2.11. The van der Waals surface area contributed by atoms with Crippen LogP contribution in [0.15, 0.2) is 78.0 Å². The highest BCUT2D eigenvalue weighted by atomic mass is 32.2. The monoisotopic (exact) mass is 435 g/mol. The van der Waals surface area contributed by atoms with Gasteiger partial charge in [-0.3, -0.25) is 9.78 Å². The van der Waals surface area contributed by atoms with Gasteiger partial charge in [-0.25, -0.2) is 8.42 Å². The maximum Gasteiger partial charge on any atom is 0.182 e. The van der Waals surface area contributed by atoms with Crippen molar-refractivity contribution in [3.05, 3.63) is 95.3 Å². The van der Waals surface area contributed by atoms with Crippen LogP contribution in [-0.2, 0) is 38.6 Å². The fraction of sp³-hybridized carbons (Fsp3) is 0.308. The van der Waals surface area contributed by atoms with Crippen LogP contribution < -0.4 is 0 Å². The van der Waals surface area contributed by atoms with E-state index in [0.717, 1.165) is 16.7 Å². The second-order valence-corrected chi connectivity index (χ2v) is 10.9. The Labute approximate surface area is 185 Å². The minimum atomic E-state index is -3.45. The van der Waals surface area contributed by atoms with Gasteiger partial charge in [0.25, 0.3) is 0 Å². The highest BCUT2D eigenvalue weighted by Gasteiger charge is 2.17. The molecule has 0 saturated heterocycles. The summed E-state index contributed by atoms with van der Waals surface area (Å²) in [6, 6.07) is 18.2. The van der Waals surface area contributed by atoms with Crippen LogP contribution in [0.5, 0.6) is 0 Å². The van der Waals surface area contributed by atoms with Gasteiger partial charge in [0.05, 0.1) is 10.6 Å². The summed E-state index contributed by atoms with van der Waals surface area (Å²) in [5.74, 6) is 0.0827. The van der Waals surface area contributed by atoms with Gasteiger partial charge in [0.15, 0.2) is 9.84 Å². The first-order valence-electron chi connectivity index (χ1n) is 10.5. The minimum Gasteiger partial charge on any atom is -0.299 e. The number of ketones is 1. The predicted molar refractivity (Wildman–Crippen MR) is 124 cm³/mol. The Kier molecular flexibility index (Phi) is 7.06. The second kappa shape index (κ2) is 9.56. The summed E-state index contributed by atoms with van der Waals surface area (Å²) in [5, 5.41) is 0. The third-order valence-corrected chi connectivity index (χ3v) is 6.98. The molecule has 162 valence electrons. The zero-order valence-electron chi connectivity index (χ0n) is 18.3. The third-order valence-electron chi connectivity index (χ3n) is 5.28. The van der Waals surface area contributed by atoms with Crippen LogP contribution in [0.1, 0.15) is 49.4 Å². The average molecular weight is 436 g/mol. The summed E-state index contributed by atoms with van der Waals surface area (Å²) in [5.41, 5.74) is 3.83. The van der Waals surface area contributed by atoms with E-state index in [-0.39, 0.29) is 21.8 Å². The number of carbonyl (C=O) groups is 1. The largest absolute Gasteiger partial charge is 0.299 e. The highest BCUT2D eigenvalue weighted by Crippen LogP contribution is 2.24. The number of rotatable bonds is 8. The Bertz CT molecular complexity index is 1110. The average Bonchev–Trinajstić information content (AvgIpc) is 2.73. The number of carbonyl (C=O) groups excluding carboxylic acids is 1. The van der Waals surface area contributed by atoms with Gasteiger partial charge in [0, 0.05) is 25.2 Å². The summed E-state index contributed by atoms with van der Waals surface area (Å²) in [7, 11) is -3.45. The standard InChI is InChI=1S/C26H29NO3S/c1-26(2,3)23-11-6-22(7-12-23)19-31(29,30)25-14-9-20(10-15-25)17-24(28)13-8-21-5-4-16-27-18-21/h4-7,9-12,14-16,18H,8,13,17,19H2,1-3H3. The van der Waals surface area contributed by atoms with Crippen LogP contribution >= 0.6 is 0 Å².